The zero-order valence-corrected chi connectivity index (χ0v) is 11.8. The molecule has 1 fully saturated rings. The molecule has 4 nitrogen and oxygen atoms in total. The number of halogens is 1. The molecular weight excluding hydrogens is 266 g/mol. The highest BCUT2D eigenvalue weighted by Crippen LogP contribution is 2.29. The summed E-state index contributed by atoms with van der Waals surface area (Å²) in [5.41, 5.74) is 0.854. The summed E-state index contributed by atoms with van der Waals surface area (Å²) >= 11 is 6.02. The Balaban J connectivity index is 1.69. The van der Waals surface area contributed by atoms with Crippen LogP contribution in [0, 0.1) is 5.92 Å². The van der Waals surface area contributed by atoms with Crippen molar-refractivity contribution in [3.8, 4) is 5.75 Å². The molecule has 0 bridgehead atoms. The van der Waals surface area contributed by atoms with E-state index in [2.05, 4.69) is 5.32 Å². The number of nitrogens with one attached hydrogen (secondary N) is 1. The average molecular weight is 286 g/mol. The summed E-state index contributed by atoms with van der Waals surface area (Å²) in [6.45, 7) is 1.58. The monoisotopic (exact) mass is 285 g/mol. The predicted molar refractivity (Wildman–Crippen MR) is 76.0 cm³/mol. The summed E-state index contributed by atoms with van der Waals surface area (Å²) < 4.78 is 10.5. The van der Waals surface area contributed by atoms with Gasteiger partial charge in [0.1, 0.15) is 5.75 Å². The topological polar surface area (TPSA) is 50.7 Å². The normalized spacial score (nSPS) is 16.2. The SMILES string of the molecule is COc1ccc(NCC(O)COCC2CC2)cc1Cl. The standard InChI is InChI=1S/C14H20ClNO3/c1-18-14-5-4-11(6-13(14)15)16-7-12(17)9-19-8-10-2-3-10/h4-6,10,12,16-17H,2-3,7-9H2,1H3. The molecule has 1 unspecified atom stereocenters. The molecule has 5 heteroatoms. The average Bonchev–Trinajstić information content (AvgIpc) is 3.20. The van der Waals surface area contributed by atoms with Gasteiger partial charge in [0, 0.05) is 18.8 Å². The molecule has 19 heavy (non-hydrogen) atoms. The van der Waals surface area contributed by atoms with Gasteiger partial charge >= 0.3 is 0 Å². The molecule has 0 saturated heterocycles. The number of methoxy groups -OCH3 is 1. The molecule has 1 aromatic carbocycles. The van der Waals surface area contributed by atoms with Gasteiger partial charge in [0.2, 0.25) is 0 Å². The van der Waals surface area contributed by atoms with E-state index in [1.54, 1.807) is 19.2 Å². The summed E-state index contributed by atoms with van der Waals surface area (Å²) in [7, 11) is 1.58. The van der Waals surface area contributed by atoms with Crippen LogP contribution in [-0.4, -0.2) is 38.1 Å². The summed E-state index contributed by atoms with van der Waals surface area (Å²) in [5.74, 6) is 1.36. The Hall–Kier alpha value is -0.970. The molecule has 0 heterocycles. The van der Waals surface area contributed by atoms with Gasteiger partial charge in [0.15, 0.2) is 0 Å². The van der Waals surface area contributed by atoms with Crippen LogP contribution in [0.3, 0.4) is 0 Å². The molecule has 1 atom stereocenters. The Kier molecular flexibility index (Phi) is 5.31. The second kappa shape index (κ2) is 6.98. The quantitative estimate of drug-likeness (QED) is 0.771. The number of ether oxygens (including phenoxy) is 2. The second-order valence-electron chi connectivity index (χ2n) is 4.86. The van der Waals surface area contributed by atoms with Crippen molar-refractivity contribution in [3.63, 3.8) is 0 Å². The first-order valence-corrected chi connectivity index (χ1v) is 6.90. The van der Waals surface area contributed by atoms with Gasteiger partial charge in [-0.3, -0.25) is 0 Å². The van der Waals surface area contributed by atoms with E-state index in [9.17, 15) is 5.11 Å². The molecule has 1 aliphatic rings. The van der Waals surface area contributed by atoms with E-state index in [1.165, 1.54) is 12.8 Å². The Labute approximate surface area is 118 Å². The van der Waals surface area contributed by atoms with E-state index < -0.39 is 6.10 Å². The smallest absolute Gasteiger partial charge is 0.137 e. The zero-order chi connectivity index (χ0) is 13.7. The highest BCUT2D eigenvalue weighted by Gasteiger charge is 2.21. The van der Waals surface area contributed by atoms with Gasteiger partial charge in [0.05, 0.1) is 24.8 Å². The summed E-state index contributed by atoms with van der Waals surface area (Å²) in [6.07, 6.45) is 2.01. The third-order valence-corrected chi connectivity index (χ3v) is 3.35. The van der Waals surface area contributed by atoms with Crippen LogP contribution in [0.1, 0.15) is 12.8 Å². The molecule has 2 N–H and O–H groups in total. The first kappa shape index (κ1) is 14.4. The third kappa shape index (κ3) is 4.90. The van der Waals surface area contributed by atoms with Crippen LogP contribution in [0.2, 0.25) is 5.02 Å². The van der Waals surface area contributed by atoms with E-state index in [0.717, 1.165) is 18.2 Å². The molecule has 1 aromatic rings. The lowest BCUT2D eigenvalue weighted by Crippen LogP contribution is -2.25. The van der Waals surface area contributed by atoms with E-state index >= 15 is 0 Å². The van der Waals surface area contributed by atoms with Crippen LogP contribution in [0.15, 0.2) is 18.2 Å². The number of aliphatic hydroxyl groups is 1. The fourth-order valence-corrected chi connectivity index (χ4v) is 1.98. The molecule has 0 aromatic heterocycles. The number of benzene rings is 1. The number of hydrogen-bond donors (Lipinski definition) is 2. The zero-order valence-electron chi connectivity index (χ0n) is 11.1. The summed E-state index contributed by atoms with van der Waals surface area (Å²) in [5, 5.41) is 13.4. The lowest BCUT2D eigenvalue weighted by atomic mass is 10.3. The van der Waals surface area contributed by atoms with Crippen molar-refractivity contribution in [1.82, 2.24) is 0 Å². The van der Waals surface area contributed by atoms with Gasteiger partial charge < -0.3 is 19.9 Å². The number of aliphatic hydroxyl groups excluding tert-OH is 1. The Morgan fingerprint density at radius 1 is 1.47 bits per heavy atom. The highest BCUT2D eigenvalue weighted by atomic mass is 35.5. The minimum atomic E-state index is -0.514. The van der Waals surface area contributed by atoms with Crippen molar-refractivity contribution in [3.05, 3.63) is 23.2 Å². The van der Waals surface area contributed by atoms with E-state index in [0.29, 0.717) is 23.9 Å². The number of anilines is 1. The minimum absolute atomic E-state index is 0.368. The maximum absolute atomic E-state index is 9.77. The minimum Gasteiger partial charge on any atom is -0.495 e. The Morgan fingerprint density at radius 3 is 2.89 bits per heavy atom. The molecule has 1 aliphatic carbocycles. The molecule has 0 spiro atoms. The molecule has 1 saturated carbocycles. The molecule has 0 amide bonds. The van der Waals surface area contributed by atoms with Crippen molar-refractivity contribution in [2.75, 3.05) is 32.2 Å². The van der Waals surface area contributed by atoms with Crippen molar-refractivity contribution in [1.29, 1.82) is 0 Å². The van der Waals surface area contributed by atoms with Gasteiger partial charge in [-0.2, -0.15) is 0 Å². The lowest BCUT2D eigenvalue weighted by Gasteiger charge is -2.14. The van der Waals surface area contributed by atoms with Crippen molar-refractivity contribution in [2.45, 2.75) is 18.9 Å². The van der Waals surface area contributed by atoms with Crippen molar-refractivity contribution in [2.24, 2.45) is 5.92 Å². The molecule has 0 aliphatic heterocycles. The summed E-state index contributed by atoms with van der Waals surface area (Å²) in [4.78, 5) is 0. The maximum Gasteiger partial charge on any atom is 0.137 e. The first-order valence-electron chi connectivity index (χ1n) is 6.52. The van der Waals surface area contributed by atoms with Gasteiger partial charge in [-0.25, -0.2) is 0 Å². The van der Waals surface area contributed by atoms with Crippen LogP contribution in [0.5, 0.6) is 5.75 Å². The fraction of sp³-hybridized carbons (Fsp3) is 0.571. The van der Waals surface area contributed by atoms with Crippen LogP contribution in [-0.2, 0) is 4.74 Å². The second-order valence-corrected chi connectivity index (χ2v) is 5.27. The maximum atomic E-state index is 9.77. The molecular formula is C14H20ClNO3. The van der Waals surface area contributed by atoms with Crippen LogP contribution < -0.4 is 10.1 Å². The van der Waals surface area contributed by atoms with Crippen LogP contribution in [0.4, 0.5) is 5.69 Å². The van der Waals surface area contributed by atoms with E-state index in [-0.39, 0.29) is 0 Å². The van der Waals surface area contributed by atoms with Gasteiger partial charge in [-0.1, -0.05) is 11.6 Å². The largest absolute Gasteiger partial charge is 0.495 e. The van der Waals surface area contributed by atoms with Gasteiger partial charge in [-0.05, 0) is 37.0 Å². The predicted octanol–water partition coefficient (Wildman–Crippen LogP) is 2.55. The number of hydrogen-bond acceptors (Lipinski definition) is 4. The van der Waals surface area contributed by atoms with E-state index in [4.69, 9.17) is 21.1 Å². The van der Waals surface area contributed by atoms with Gasteiger partial charge in [-0.15, -0.1) is 0 Å². The molecule has 106 valence electrons. The van der Waals surface area contributed by atoms with Crippen LogP contribution in [0.25, 0.3) is 0 Å². The lowest BCUT2D eigenvalue weighted by molar-refractivity contribution is 0.0386. The van der Waals surface area contributed by atoms with Crippen LogP contribution >= 0.6 is 11.6 Å². The molecule has 2 rings (SSSR count). The molecule has 0 radical (unpaired) electrons. The van der Waals surface area contributed by atoms with E-state index in [1.807, 2.05) is 6.07 Å². The first-order chi connectivity index (χ1) is 9.19. The Morgan fingerprint density at radius 2 is 2.26 bits per heavy atom. The Bertz CT molecular complexity index is 410. The number of rotatable bonds is 8. The third-order valence-electron chi connectivity index (χ3n) is 3.05. The van der Waals surface area contributed by atoms with Crippen molar-refractivity contribution >= 4 is 17.3 Å². The highest BCUT2D eigenvalue weighted by molar-refractivity contribution is 6.32. The van der Waals surface area contributed by atoms with Gasteiger partial charge in [0.25, 0.3) is 0 Å². The van der Waals surface area contributed by atoms with Crippen molar-refractivity contribution < 1.29 is 14.6 Å². The fourth-order valence-electron chi connectivity index (χ4n) is 1.73. The summed E-state index contributed by atoms with van der Waals surface area (Å²) in [6, 6.07) is 5.43.